The summed E-state index contributed by atoms with van der Waals surface area (Å²) in [5, 5.41) is 7.83. The molecule has 1 heterocycles. The first kappa shape index (κ1) is 26.3. The molecule has 0 saturated heterocycles. The number of nitrogens with zero attached hydrogens (tertiary/aromatic N) is 1. The molecule has 1 heteroatoms. The van der Waals surface area contributed by atoms with E-state index >= 15 is 0 Å². The van der Waals surface area contributed by atoms with Crippen molar-refractivity contribution in [2.75, 3.05) is 0 Å². The van der Waals surface area contributed by atoms with Crippen LogP contribution in [0.1, 0.15) is 50.7 Å². The molecule has 0 N–H and O–H groups in total. The van der Waals surface area contributed by atoms with Gasteiger partial charge in [0.2, 0.25) is 0 Å². The third-order valence-electron chi connectivity index (χ3n) is 10.0. The Kier molecular flexibility index (Phi) is 5.65. The van der Waals surface area contributed by atoms with Crippen molar-refractivity contribution in [3.05, 3.63) is 139 Å². The second kappa shape index (κ2) is 9.68. The van der Waals surface area contributed by atoms with E-state index in [1.165, 1.54) is 93.5 Å². The maximum Gasteiger partial charge on any atom is 0.0541 e. The summed E-state index contributed by atoms with van der Waals surface area (Å²) in [6, 6.07) is 48.1. The first-order chi connectivity index (χ1) is 21.9. The molecule has 8 aromatic rings. The Morgan fingerprint density at radius 2 is 0.911 bits per heavy atom. The molecule has 1 aliphatic carbocycles. The maximum absolute atomic E-state index is 2.46. The van der Waals surface area contributed by atoms with Gasteiger partial charge < -0.3 is 4.57 Å². The topological polar surface area (TPSA) is 4.93 Å². The van der Waals surface area contributed by atoms with E-state index in [0.29, 0.717) is 11.8 Å². The van der Waals surface area contributed by atoms with E-state index in [-0.39, 0.29) is 0 Å². The highest BCUT2D eigenvalue weighted by atomic mass is 15.0. The van der Waals surface area contributed by atoms with Crippen LogP contribution < -0.4 is 0 Å². The van der Waals surface area contributed by atoms with E-state index in [1.807, 2.05) is 0 Å². The Labute approximate surface area is 264 Å². The van der Waals surface area contributed by atoms with E-state index in [1.54, 1.807) is 0 Å². The van der Waals surface area contributed by atoms with Gasteiger partial charge in [-0.1, -0.05) is 88.4 Å². The molecule has 0 amide bonds. The lowest BCUT2D eigenvalue weighted by Crippen LogP contribution is -2.00. The zero-order valence-corrected chi connectivity index (χ0v) is 26.2. The molecular formula is C44H35N. The minimum absolute atomic E-state index is 0.491. The third-order valence-corrected chi connectivity index (χ3v) is 10.0. The van der Waals surface area contributed by atoms with Gasteiger partial charge in [0.1, 0.15) is 0 Å². The molecule has 1 nitrogen and oxygen atoms in total. The van der Waals surface area contributed by atoms with Gasteiger partial charge in [-0.3, -0.25) is 0 Å². The number of fused-ring (bicyclic) bond motifs is 9. The molecule has 0 aliphatic heterocycles. The van der Waals surface area contributed by atoms with Crippen LogP contribution >= 0.6 is 0 Å². The number of aromatic nitrogens is 1. The Morgan fingerprint density at radius 3 is 1.47 bits per heavy atom. The van der Waals surface area contributed by atoms with E-state index < -0.39 is 0 Å². The van der Waals surface area contributed by atoms with Crippen molar-refractivity contribution in [2.45, 2.75) is 39.5 Å². The molecule has 1 aliphatic rings. The van der Waals surface area contributed by atoms with Gasteiger partial charge in [-0.15, -0.1) is 0 Å². The SMILES string of the molecule is CC(C)c1ccc2c(c1)c1cc(C(C)C)ccc1n2-c1ccc2cc3c(cc2c1)-c1cc2cc(-c4ccccc4)ccc2cc1-3. The monoisotopic (exact) mass is 577 g/mol. The third kappa shape index (κ3) is 4.00. The standard InChI is InChI=1S/C44H35N/c1-26(2)29-13-16-43-41(20-29)42-21-30(27(3)4)14-17-44(42)45(43)36-15-12-33-23-38-37-22-32-11-10-31(28-8-6-5-7-9-28)18-34(32)24-39(37)40(38)25-35(33)19-36/h5-27H,1-4H3. The lowest BCUT2D eigenvalue weighted by Gasteiger charge is -2.26. The van der Waals surface area contributed by atoms with Crippen LogP contribution in [0.25, 0.3) is 82.4 Å². The van der Waals surface area contributed by atoms with Crippen LogP contribution in [0.3, 0.4) is 0 Å². The number of hydrogen-bond donors (Lipinski definition) is 0. The fraction of sp³-hybridized carbons (Fsp3) is 0.136. The van der Waals surface area contributed by atoms with Gasteiger partial charge in [-0.25, -0.2) is 0 Å². The normalized spacial score (nSPS) is 12.4. The first-order valence-electron chi connectivity index (χ1n) is 16.2. The largest absolute Gasteiger partial charge is 0.309 e. The Balaban J connectivity index is 1.19. The molecule has 7 aromatic carbocycles. The number of benzene rings is 7. The molecule has 0 saturated carbocycles. The zero-order chi connectivity index (χ0) is 30.4. The Morgan fingerprint density at radius 1 is 0.400 bits per heavy atom. The average Bonchev–Trinajstić information content (AvgIpc) is 3.39. The van der Waals surface area contributed by atoms with Crippen LogP contribution in [0.2, 0.25) is 0 Å². The van der Waals surface area contributed by atoms with Gasteiger partial charge in [0.05, 0.1) is 11.0 Å². The van der Waals surface area contributed by atoms with Gasteiger partial charge in [-0.05, 0) is 145 Å². The van der Waals surface area contributed by atoms with Crippen molar-refractivity contribution < 1.29 is 0 Å². The quantitative estimate of drug-likeness (QED) is 0.196. The van der Waals surface area contributed by atoms with Crippen molar-refractivity contribution in [1.29, 1.82) is 0 Å². The summed E-state index contributed by atoms with van der Waals surface area (Å²) in [4.78, 5) is 0. The number of rotatable bonds is 4. The summed E-state index contributed by atoms with van der Waals surface area (Å²) in [6.07, 6.45) is 0. The highest BCUT2D eigenvalue weighted by molar-refractivity contribution is 6.13. The van der Waals surface area contributed by atoms with Crippen LogP contribution in [0.4, 0.5) is 0 Å². The molecule has 0 spiro atoms. The Hall–Kier alpha value is -5.14. The first-order valence-corrected chi connectivity index (χ1v) is 16.2. The van der Waals surface area contributed by atoms with Crippen LogP contribution in [0, 0.1) is 0 Å². The van der Waals surface area contributed by atoms with Crippen LogP contribution in [-0.4, -0.2) is 4.57 Å². The smallest absolute Gasteiger partial charge is 0.0541 e. The summed E-state index contributed by atoms with van der Waals surface area (Å²) >= 11 is 0. The Bertz CT molecular complexity index is 2410. The molecular weight excluding hydrogens is 542 g/mol. The van der Waals surface area contributed by atoms with Gasteiger partial charge in [0, 0.05) is 16.5 Å². The van der Waals surface area contributed by atoms with Gasteiger partial charge in [0.25, 0.3) is 0 Å². The second-order valence-corrected chi connectivity index (χ2v) is 13.5. The molecule has 0 bridgehead atoms. The van der Waals surface area contributed by atoms with Crippen molar-refractivity contribution >= 4 is 43.4 Å². The van der Waals surface area contributed by atoms with E-state index in [2.05, 4.69) is 160 Å². The molecule has 45 heavy (non-hydrogen) atoms. The molecule has 0 fully saturated rings. The fourth-order valence-electron chi connectivity index (χ4n) is 7.42. The van der Waals surface area contributed by atoms with E-state index in [0.717, 1.165) is 0 Å². The molecule has 1 aromatic heterocycles. The molecule has 0 atom stereocenters. The molecule has 0 unspecified atom stereocenters. The highest BCUT2D eigenvalue weighted by Gasteiger charge is 2.24. The lowest BCUT2D eigenvalue weighted by atomic mass is 9.77. The summed E-state index contributed by atoms with van der Waals surface area (Å²) in [5.74, 6) is 0.981. The highest BCUT2D eigenvalue weighted by Crippen LogP contribution is 2.50. The minimum atomic E-state index is 0.491. The number of hydrogen-bond acceptors (Lipinski definition) is 0. The predicted molar refractivity (Wildman–Crippen MR) is 194 cm³/mol. The van der Waals surface area contributed by atoms with Crippen molar-refractivity contribution in [3.63, 3.8) is 0 Å². The van der Waals surface area contributed by atoms with Crippen molar-refractivity contribution in [2.24, 2.45) is 0 Å². The average molecular weight is 578 g/mol. The fourth-order valence-corrected chi connectivity index (χ4v) is 7.42. The summed E-state index contributed by atoms with van der Waals surface area (Å²) < 4.78 is 2.46. The predicted octanol–water partition coefficient (Wildman–Crippen LogP) is 12.7. The van der Waals surface area contributed by atoms with Crippen LogP contribution in [0.15, 0.2) is 127 Å². The van der Waals surface area contributed by atoms with Crippen LogP contribution in [0.5, 0.6) is 0 Å². The maximum atomic E-state index is 2.46. The van der Waals surface area contributed by atoms with Crippen molar-refractivity contribution in [3.8, 4) is 39.1 Å². The second-order valence-electron chi connectivity index (χ2n) is 13.5. The van der Waals surface area contributed by atoms with Gasteiger partial charge in [0.15, 0.2) is 0 Å². The lowest BCUT2D eigenvalue weighted by molar-refractivity contribution is 0.868. The minimum Gasteiger partial charge on any atom is -0.309 e. The van der Waals surface area contributed by atoms with Crippen molar-refractivity contribution in [1.82, 2.24) is 4.57 Å². The molecule has 0 radical (unpaired) electrons. The molecule has 216 valence electrons. The van der Waals surface area contributed by atoms with E-state index in [4.69, 9.17) is 0 Å². The zero-order valence-electron chi connectivity index (χ0n) is 26.2. The van der Waals surface area contributed by atoms with Crippen LogP contribution in [-0.2, 0) is 0 Å². The van der Waals surface area contributed by atoms with Gasteiger partial charge in [-0.2, -0.15) is 0 Å². The van der Waals surface area contributed by atoms with E-state index in [9.17, 15) is 0 Å². The summed E-state index contributed by atoms with van der Waals surface area (Å²) in [5.41, 5.74) is 14.5. The summed E-state index contributed by atoms with van der Waals surface area (Å²) in [7, 11) is 0. The summed E-state index contributed by atoms with van der Waals surface area (Å²) in [6.45, 7) is 9.12. The van der Waals surface area contributed by atoms with Gasteiger partial charge >= 0.3 is 0 Å². The molecule has 9 rings (SSSR count).